The van der Waals surface area contributed by atoms with Gasteiger partial charge in [-0.3, -0.25) is 4.90 Å². The van der Waals surface area contributed by atoms with E-state index in [9.17, 15) is 5.11 Å². The molecule has 1 unspecified atom stereocenters. The van der Waals surface area contributed by atoms with Crippen molar-refractivity contribution < 1.29 is 14.6 Å². The number of hydrogen-bond donors (Lipinski definition) is 1. The van der Waals surface area contributed by atoms with Gasteiger partial charge in [0, 0.05) is 36.1 Å². The maximum Gasteiger partial charge on any atom is 0.165 e. The first-order chi connectivity index (χ1) is 13.6. The molecule has 5 aliphatic carbocycles. The van der Waals surface area contributed by atoms with Gasteiger partial charge in [0.2, 0.25) is 0 Å². The lowest BCUT2D eigenvalue weighted by atomic mass is 9.35. The Hall–Kier alpha value is -1.26. The van der Waals surface area contributed by atoms with E-state index in [2.05, 4.69) is 17.9 Å². The fourth-order valence-corrected chi connectivity index (χ4v) is 8.77. The molecule has 4 nitrogen and oxygen atoms in total. The molecule has 0 aromatic heterocycles. The van der Waals surface area contributed by atoms with Gasteiger partial charge in [0.1, 0.15) is 11.7 Å². The fraction of sp³-hybridized carbons (Fsp3) is 0.750. The summed E-state index contributed by atoms with van der Waals surface area (Å²) in [6.07, 6.45) is 8.75. The van der Waals surface area contributed by atoms with Gasteiger partial charge in [0.25, 0.3) is 0 Å². The summed E-state index contributed by atoms with van der Waals surface area (Å²) in [5.74, 6) is 2.54. The minimum atomic E-state index is -0.217. The number of benzene rings is 1. The maximum absolute atomic E-state index is 10.7. The number of aromatic hydroxyl groups is 1. The van der Waals surface area contributed by atoms with E-state index in [0.717, 1.165) is 30.9 Å². The molecule has 2 aliphatic heterocycles. The molecule has 1 aromatic rings. The number of nitrogens with zero attached hydrogens (tertiary/aromatic N) is 1. The van der Waals surface area contributed by atoms with Gasteiger partial charge in [-0.25, -0.2) is 0 Å². The summed E-state index contributed by atoms with van der Waals surface area (Å²) in [5.41, 5.74) is 2.88. The summed E-state index contributed by atoms with van der Waals surface area (Å²) in [4.78, 5) is 2.87. The Morgan fingerprint density at radius 1 is 1.25 bits per heavy atom. The lowest BCUT2D eigenvalue weighted by molar-refractivity contribution is -0.274. The van der Waals surface area contributed by atoms with Crippen LogP contribution in [-0.4, -0.2) is 48.0 Å². The molecule has 4 bridgehead atoms. The van der Waals surface area contributed by atoms with Crippen molar-refractivity contribution in [3.8, 4) is 11.5 Å². The van der Waals surface area contributed by atoms with Gasteiger partial charge in [-0.15, -0.1) is 0 Å². The third kappa shape index (κ3) is 1.55. The standard InChI is InChI=1S/C24H31NO3/c1-14-12-22-7-8-24(14,27-2)21-23(22)9-10-25(13-15-3-4-15)18(22)11-16-5-6-17(26)20(28-21)19(16)23/h5-6,14-15,18,21,26H,3-4,7-13H2,1-2H3/t14-,18+,21+,22?,23-,24-/m0/s1. The van der Waals surface area contributed by atoms with E-state index in [-0.39, 0.29) is 22.5 Å². The molecule has 1 N–H and O–H groups in total. The van der Waals surface area contributed by atoms with Crippen molar-refractivity contribution in [3.05, 3.63) is 23.3 Å². The lowest BCUT2D eigenvalue weighted by Crippen LogP contribution is -2.80. The zero-order valence-electron chi connectivity index (χ0n) is 17.0. The number of likely N-dealkylation sites (tertiary alicyclic amines) is 1. The Kier molecular flexibility index (Phi) is 2.89. The Labute approximate surface area is 167 Å². The van der Waals surface area contributed by atoms with Gasteiger partial charge >= 0.3 is 0 Å². The number of methoxy groups -OCH3 is 1. The molecule has 4 saturated carbocycles. The minimum absolute atomic E-state index is 0.0279. The molecule has 1 aromatic carbocycles. The Morgan fingerprint density at radius 2 is 2.11 bits per heavy atom. The highest BCUT2D eigenvalue weighted by Gasteiger charge is 2.80. The molecule has 1 saturated heterocycles. The van der Waals surface area contributed by atoms with Crippen molar-refractivity contribution in [1.29, 1.82) is 0 Å². The average Bonchev–Trinajstić information content (AvgIpc) is 3.43. The molecule has 2 spiro atoms. The first kappa shape index (κ1) is 16.5. The summed E-state index contributed by atoms with van der Waals surface area (Å²) in [6, 6.07) is 4.67. The van der Waals surface area contributed by atoms with Crippen LogP contribution in [0.4, 0.5) is 0 Å². The zero-order valence-corrected chi connectivity index (χ0v) is 17.0. The molecule has 150 valence electrons. The van der Waals surface area contributed by atoms with E-state index in [4.69, 9.17) is 9.47 Å². The quantitative estimate of drug-likeness (QED) is 0.868. The van der Waals surface area contributed by atoms with Gasteiger partial charge in [-0.2, -0.15) is 0 Å². The number of phenolic OH excluding ortho intramolecular Hbond substituents is 1. The monoisotopic (exact) mass is 381 g/mol. The van der Waals surface area contributed by atoms with Gasteiger partial charge in [0.15, 0.2) is 11.5 Å². The summed E-state index contributed by atoms with van der Waals surface area (Å²) in [5, 5.41) is 10.7. The van der Waals surface area contributed by atoms with E-state index in [1.54, 1.807) is 0 Å². The molecule has 28 heavy (non-hydrogen) atoms. The largest absolute Gasteiger partial charge is 0.504 e. The second-order valence-corrected chi connectivity index (χ2v) is 10.7. The van der Waals surface area contributed by atoms with Crippen LogP contribution >= 0.6 is 0 Å². The van der Waals surface area contributed by atoms with Crippen LogP contribution in [0.5, 0.6) is 11.5 Å². The van der Waals surface area contributed by atoms with Crippen molar-refractivity contribution in [2.75, 3.05) is 20.2 Å². The molecule has 5 fully saturated rings. The SMILES string of the molecule is CO[C@@]12CCC3(C[C@@H]1C)[C@H]1Cc4ccc(O)c5c4[C@@]3(CCN1CC1CC1)[C@H]2O5. The van der Waals surface area contributed by atoms with Crippen LogP contribution in [0.15, 0.2) is 12.1 Å². The Morgan fingerprint density at radius 3 is 2.86 bits per heavy atom. The molecular weight excluding hydrogens is 350 g/mol. The number of rotatable bonds is 3. The van der Waals surface area contributed by atoms with E-state index >= 15 is 0 Å². The van der Waals surface area contributed by atoms with Crippen molar-refractivity contribution in [2.45, 2.75) is 75.0 Å². The van der Waals surface area contributed by atoms with E-state index in [0.29, 0.717) is 17.7 Å². The van der Waals surface area contributed by atoms with Crippen LogP contribution in [0, 0.1) is 17.3 Å². The molecule has 7 aliphatic rings. The van der Waals surface area contributed by atoms with E-state index in [1.165, 1.54) is 49.9 Å². The third-order valence-electron chi connectivity index (χ3n) is 10.0. The fourth-order valence-electron chi connectivity index (χ4n) is 8.77. The zero-order chi connectivity index (χ0) is 18.9. The van der Waals surface area contributed by atoms with Crippen LogP contribution < -0.4 is 4.74 Å². The lowest BCUT2D eigenvalue weighted by Gasteiger charge is -2.73. The molecule has 2 heterocycles. The number of hydrogen-bond acceptors (Lipinski definition) is 4. The van der Waals surface area contributed by atoms with Crippen molar-refractivity contribution in [2.24, 2.45) is 17.3 Å². The van der Waals surface area contributed by atoms with Gasteiger partial charge < -0.3 is 14.6 Å². The highest BCUT2D eigenvalue weighted by molar-refractivity contribution is 5.63. The summed E-state index contributed by atoms with van der Waals surface area (Å²) < 4.78 is 13.1. The van der Waals surface area contributed by atoms with Crippen LogP contribution in [-0.2, 0) is 16.6 Å². The molecule has 6 atom stereocenters. The third-order valence-corrected chi connectivity index (χ3v) is 10.0. The second kappa shape index (κ2) is 4.89. The van der Waals surface area contributed by atoms with E-state index < -0.39 is 0 Å². The predicted octanol–water partition coefficient (Wildman–Crippen LogP) is 3.64. The molecule has 8 rings (SSSR count). The first-order valence-corrected chi connectivity index (χ1v) is 11.4. The number of fused-ring (bicyclic) bond motifs is 2. The molecular formula is C24H31NO3. The normalized spacial score (nSPS) is 47.7. The highest BCUT2D eigenvalue weighted by Crippen LogP contribution is 2.76. The molecule has 0 radical (unpaired) electrons. The Bertz CT molecular complexity index is 881. The molecule has 4 heteroatoms. The predicted molar refractivity (Wildman–Crippen MR) is 106 cm³/mol. The smallest absolute Gasteiger partial charge is 0.165 e. The van der Waals surface area contributed by atoms with E-state index in [1.807, 2.05) is 13.2 Å². The van der Waals surface area contributed by atoms with Gasteiger partial charge in [-0.05, 0) is 75.0 Å². The van der Waals surface area contributed by atoms with Crippen LogP contribution in [0.1, 0.15) is 56.6 Å². The highest BCUT2D eigenvalue weighted by atomic mass is 16.6. The van der Waals surface area contributed by atoms with Crippen molar-refractivity contribution in [3.63, 3.8) is 0 Å². The number of piperidine rings is 1. The topological polar surface area (TPSA) is 41.9 Å². The van der Waals surface area contributed by atoms with Gasteiger partial charge in [-0.1, -0.05) is 13.0 Å². The minimum Gasteiger partial charge on any atom is -0.504 e. The van der Waals surface area contributed by atoms with Crippen molar-refractivity contribution >= 4 is 0 Å². The summed E-state index contributed by atoms with van der Waals surface area (Å²) >= 11 is 0. The number of ether oxygens (including phenoxy) is 2. The molecule has 0 amide bonds. The summed E-state index contributed by atoms with van der Waals surface area (Å²) in [7, 11) is 1.89. The average molecular weight is 382 g/mol. The van der Waals surface area contributed by atoms with Gasteiger partial charge in [0.05, 0.1) is 0 Å². The van der Waals surface area contributed by atoms with Crippen molar-refractivity contribution in [1.82, 2.24) is 4.90 Å². The maximum atomic E-state index is 10.7. The first-order valence-electron chi connectivity index (χ1n) is 11.4. The summed E-state index contributed by atoms with van der Waals surface area (Å²) in [6.45, 7) is 4.85. The van der Waals surface area contributed by atoms with Crippen LogP contribution in [0.2, 0.25) is 0 Å². The Balaban J connectivity index is 1.49. The van der Waals surface area contributed by atoms with Crippen LogP contribution in [0.25, 0.3) is 0 Å². The second-order valence-electron chi connectivity index (χ2n) is 10.7. The van der Waals surface area contributed by atoms with Crippen LogP contribution in [0.3, 0.4) is 0 Å². The number of phenols is 1.